The maximum Gasteiger partial charge on any atom is 0.164 e. The second-order valence-electron chi connectivity index (χ2n) is 14.2. The van der Waals surface area contributed by atoms with Gasteiger partial charge in [0.15, 0.2) is 17.5 Å². The Bertz CT molecular complexity index is 2980. The number of nitrogens with zero attached hydrogens (tertiary/aromatic N) is 3. The first-order valence-electron chi connectivity index (χ1n) is 17.6. The molecule has 0 aliphatic rings. The minimum Gasteiger partial charge on any atom is -0.457 e. The van der Waals surface area contributed by atoms with Gasteiger partial charge in [0.1, 0.15) is 92.9 Å². The highest BCUT2D eigenvalue weighted by Crippen LogP contribution is 2.36. The van der Waals surface area contributed by atoms with Crippen LogP contribution in [-0.4, -0.2) is 85.6 Å². The van der Waals surface area contributed by atoms with E-state index in [1.54, 1.807) is 0 Å². The highest BCUT2D eigenvalue weighted by atomic mass is 16.3. The Morgan fingerprint density at radius 2 is 0.961 bits per heavy atom. The molecule has 0 amide bonds. The van der Waals surface area contributed by atoms with E-state index < -0.39 is 0 Å². The molecule has 0 aliphatic carbocycles. The predicted octanol–water partition coefficient (Wildman–Crippen LogP) is -5.85. The highest BCUT2D eigenvalue weighted by Gasteiger charge is 2.26. The summed E-state index contributed by atoms with van der Waals surface area (Å²) >= 11 is 0. The summed E-state index contributed by atoms with van der Waals surface area (Å²) in [5, 5.41) is 6.97. The van der Waals surface area contributed by atoms with E-state index in [1.165, 1.54) is 59.8 Å². The molecule has 0 saturated carbocycles. The Balaban J connectivity index is 1.40. The molecule has 0 radical (unpaired) electrons. The average molecular weight is 646 g/mol. The van der Waals surface area contributed by atoms with Gasteiger partial charge in [0.2, 0.25) is 0 Å². The van der Waals surface area contributed by atoms with Crippen molar-refractivity contribution in [2.24, 2.45) is 0 Å². The molecule has 9 rings (SSSR count). The van der Waals surface area contributed by atoms with E-state index in [1.807, 2.05) is 48.5 Å². The molecule has 9 aromatic rings. The van der Waals surface area contributed by atoms with Crippen molar-refractivity contribution < 1.29 is 8.83 Å². The molecular weight excluding hydrogens is 616 g/mol. The number of benzene rings is 6. The summed E-state index contributed by atoms with van der Waals surface area (Å²) in [6.07, 6.45) is 0. The summed E-state index contributed by atoms with van der Waals surface area (Å²) in [4.78, 5) is 15.7. The Hall–Kier alpha value is -5.23. The third-order valence-electron chi connectivity index (χ3n) is 11.7. The SMILES string of the molecule is Bc1c(B)c(B)c2c(oc3c(B)c(B)c4c(B)c(-c5nc(-c6ccccc6)nc(-c6cccc7oc8ccccc8c67)n5)c(B)c(B)c4c32)c1B. The van der Waals surface area contributed by atoms with Gasteiger partial charge in [-0.2, -0.15) is 0 Å². The molecule has 0 bridgehead atoms. The Morgan fingerprint density at radius 3 is 1.75 bits per heavy atom. The van der Waals surface area contributed by atoms with Crippen molar-refractivity contribution in [2.75, 3.05) is 0 Å². The molecule has 0 aliphatic heterocycles. The lowest BCUT2D eigenvalue weighted by molar-refractivity contribution is 0.669. The molecule has 3 aromatic heterocycles. The molecule has 0 spiro atoms. The summed E-state index contributed by atoms with van der Waals surface area (Å²) in [5.74, 6) is 1.92. The first-order chi connectivity index (χ1) is 24.6. The Morgan fingerprint density at radius 1 is 0.373 bits per heavy atom. The van der Waals surface area contributed by atoms with Crippen molar-refractivity contribution >= 4 is 174 Å². The molecule has 3 heterocycles. The Kier molecular flexibility index (Phi) is 7.09. The van der Waals surface area contributed by atoms with Gasteiger partial charge in [0, 0.05) is 38.2 Å². The molecule has 0 unspecified atom stereocenters. The quantitative estimate of drug-likeness (QED) is 0.179. The molecule has 0 atom stereocenters. The van der Waals surface area contributed by atoms with Gasteiger partial charge in [-0.05, 0) is 22.9 Å². The van der Waals surface area contributed by atoms with Crippen LogP contribution in [-0.2, 0) is 0 Å². The van der Waals surface area contributed by atoms with Crippen molar-refractivity contribution in [3.8, 4) is 34.2 Å². The van der Waals surface area contributed by atoms with Crippen LogP contribution in [0.4, 0.5) is 0 Å². The van der Waals surface area contributed by atoms with Crippen molar-refractivity contribution in [2.45, 2.75) is 0 Å². The van der Waals surface area contributed by atoms with E-state index in [0.29, 0.717) is 17.5 Å². The van der Waals surface area contributed by atoms with Crippen molar-refractivity contribution in [3.63, 3.8) is 0 Å². The largest absolute Gasteiger partial charge is 0.457 e. The minimum atomic E-state index is 0.619. The topological polar surface area (TPSA) is 65.0 Å². The summed E-state index contributed by atoms with van der Waals surface area (Å²) in [6.45, 7) is 0. The minimum absolute atomic E-state index is 0.619. The van der Waals surface area contributed by atoms with Gasteiger partial charge in [-0.15, -0.1) is 5.46 Å². The molecule has 232 valence electrons. The molecular formula is C37H30B9N3O2. The predicted molar refractivity (Wildman–Crippen MR) is 242 cm³/mol. The van der Waals surface area contributed by atoms with Crippen LogP contribution in [0.3, 0.4) is 0 Å². The average Bonchev–Trinajstić information content (AvgIpc) is 3.74. The lowest BCUT2D eigenvalue weighted by Crippen LogP contribution is -2.47. The summed E-state index contributed by atoms with van der Waals surface area (Å²) in [7, 11) is 20.0. The number of hydrogen-bond donors (Lipinski definition) is 0. The van der Waals surface area contributed by atoms with E-state index in [2.05, 4.69) is 94.9 Å². The molecule has 6 aromatic carbocycles. The third-order valence-corrected chi connectivity index (χ3v) is 11.7. The first-order valence-corrected chi connectivity index (χ1v) is 17.6. The number of para-hydroxylation sites is 1. The molecule has 14 heteroatoms. The smallest absolute Gasteiger partial charge is 0.164 e. The van der Waals surface area contributed by atoms with Crippen LogP contribution in [0.2, 0.25) is 0 Å². The maximum atomic E-state index is 6.82. The van der Waals surface area contributed by atoms with Crippen LogP contribution >= 0.6 is 0 Å². The second kappa shape index (κ2) is 11.4. The molecule has 0 N–H and O–H groups in total. The lowest BCUT2D eigenvalue weighted by atomic mass is 9.63. The zero-order chi connectivity index (χ0) is 35.5. The van der Waals surface area contributed by atoms with Gasteiger partial charge in [0.05, 0.1) is 0 Å². The highest BCUT2D eigenvalue weighted by molar-refractivity contribution is 6.70. The van der Waals surface area contributed by atoms with Gasteiger partial charge >= 0.3 is 0 Å². The van der Waals surface area contributed by atoms with Gasteiger partial charge in [0.25, 0.3) is 0 Å². The standard InChI is InChI=1S/C37H30B9N3O2/c38-24-21-19(20-22-27(41)29(43)30(44)32(46)34(22)51-33(20)31(45)26(21)40)25(39)28(42)23(24)37-48-35(13-7-2-1-3-8-13)47-36(49-37)15-10-6-12-17-18(15)14-9-4-5-11-16(14)50-17/h1-12H,38-46H2. The number of furan rings is 2. The second-order valence-corrected chi connectivity index (χ2v) is 14.2. The monoisotopic (exact) mass is 647 g/mol. The fourth-order valence-electron chi connectivity index (χ4n) is 8.39. The molecule has 0 saturated heterocycles. The van der Waals surface area contributed by atoms with Crippen LogP contribution in [0.1, 0.15) is 0 Å². The van der Waals surface area contributed by atoms with E-state index in [0.717, 1.165) is 60.7 Å². The zero-order valence-electron chi connectivity index (χ0n) is 30.6. The maximum absolute atomic E-state index is 6.82. The van der Waals surface area contributed by atoms with E-state index >= 15 is 0 Å². The van der Waals surface area contributed by atoms with Crippen molar-refractivity contribution in [1.82, 2.24) is 15.0 Å². The fraction of sp³-hybridized carbons (Fsp3) is 0. The number of rotatable bonds is 3. The number of aromatic nitrogens is 3. The van der Waals surface area contributed by atoms with Gasteiger partial charge in [-0.3, -0.25) is 0 Å². The summed E-state index contributed by atoms with van der Waals surface area (Å²) < 4.78 is 13.1. The van der Waals surface area contributed by atoms with Crippen LogP contribution in [0.5, 0.6) is 0 Å². The lowest BCUT2D eigenvalue weighted by Gasteiger charge is -2.21. The van der Waals surface area contributed by atoms with Crippen molar-refractivity contribution in [1.29, 1.82) is 0 Å². The third kappa shape index (κ3) is 4.44. The van der Waals surface area contributed by atoms with Crippen LogP contribution < -0.4 is 49.2 Å². The van der Waals surface area contributed by atoms with Crippen LogP contribution in [0.15, 0.2) is 81.6 Å². The van der Waals surface area contributed by atoms with Gasteiger partial charge < -0.3 is 8.83 Å². The molecule has 51 heavy (non-hydrogen) atoms. The molecule has 0 fully saturated rings. The van der Waals surface area contributed by atoms with Crippen LogP contribution in [0.25, 0.3) is 88.8 Å². The van der Waals surface area contributed by atoms with Crippen LogP contribution in [0, 0.1) is 0 Å². The summed E-state index contributed by atoms with van der Waals surface area (Å²) in [6, 6.07) is 24.5. The zero-order valence-corrected chi connectivity index (χ0v) is 30.6. The normalized spacial score (nSPS) is 11.8. The van der Waals surface area contributed by atoms with Gasteiger partial charge in [-0.25, -0.2) is 15.0 Å². The van der Waals surface area contributed by atoms with Gasteiger partial charge in [-0.1, -0.05) is 104 Å². The van der Waals surface area contributed by atoms with E-state index in [4.69, 9.17) is 23.8 Å². The molecule has 5 nitrogen and oxygen atoms in total. The summed E-state index contributed by atoms with van der Waals surface area (Å²) in [5.41, 5.74) is 17.5. The first kappa shape index (κ1) is 31.7. The van der Waals surface area contributed by atoms with E-state index in [9.17, 15) is 0 Å². The fourth-order valence-corrected chi connectivity index (χ4v) is 8.39. The van der Waals surface area contributed by atoms with Crippen molar-refractivity contribution in [3.05, 3.63) is 72.8 Å². The number of hydrogen-bond acceptors (Lipinski definition) is 5. The van der Waals surface area contributed by atoms with E-state index in [-0.39, 0.29) is 0 Å². The Labute approximate surface area is 304 Å². The number of fused-ring (bicyclic) bond motifs is 8.